The fourth-order valence-corrected chi connectivity index (χ4v) is 6.00. The lowest BCUT2D eigenvalue weighted by Gasteiger charge is -2.38. The Hall–Kier alpha value is -1.88. The van der Waals surface area contributed by atoms with Gasteiger partial charge in [0.1, 0.15) is 0 Å². The summed E-state index contributed by atoms with van der Waals surface area (Å²) in [6, 6.07) is 12.3. The summed E-state index contributed by atoms with van der Waals surface area (Å²) in [7, 11) is 0. The summed E-state index contributed by atoms with van der Waals surface area (Å²) < 4.78 is 2.55. The topological polar surface area (TPSA) is 33.1 Å². The van der Waals surface area contributed by atoms with Crippen LogP contribution in [0.2, 0.25) is 0 Å². The van der Waals surface area contributed by atoms with Crippen LogP contribution in [-0.2, 0) is 0 Å². The molecule has 0 spiro atoms. The molecule has 2 atom stereocenters. The van der Waals surface area contributed by atoms with E-state index in [2.05, 4.69) is 45.2 Å². The van der Waals surface area contributed by atoms with Gasteiger partial charge >= 0.3 is 0 Å². The van der Waals surface area contributed by atoms with Crippen LogP contribution in [0.15, 0.2) is 42.7 Å². The van der Waals surface area contributed by atoms with Crippen LogP contribution in [0.3, 0.4) is 0 Å². The number of aromatic nitrogens is 2. The van der Waals surface area contributed by atoms with Gasteiger partial charge in [0.05, 0.1) is 17.8 Å². The minimum Gasteiger partial charge on any atom is -0.352 e. The van der Waals surface area contributed by atoms with Crippen molar-refractivity contribution in [2.24, 2.45) is 0 Å². The Balaban J connectivity index is 1.56. The quantitative estimate of drug-likeness (QED) is 0.713. The zero-order valence-corrected chi connectivity index (χ0v) is 17.3. The minimum absolute atomic E-state index is 0.116. The zero-order valence-electron chi connectivity index (χ0n) is 16.5. The molecule has 2 saturated carbocycles. The van der Waals surface area contributed by atoms with Crippen molar-refractivity contribution in [3.05, 3.63) is 54.1 Å². The van der Waals surface area contributed by atoms with Gasteiger partial charge in [0.25, 0.3) is 0 Å². The van der Waals surface area contributed by atoms with Crippen LogP contribution >= 0.6 is 12.2 Å². The molecule has 5 heteroatoms. The molecular formula is C23H30N4S. The molecule has 3 aliphatic rings. The van der Waals surface area contributed by atoms with Gasteiger partial charge in [-0.1, -0.05) is 38.2 Å². The highest BCUT2D eigenvalue weighted by molar-refractivity contribution is 7.80. The number of hydrogen-bond donors (Lipinski definition) is 1. The predicted octanol–water partition coefficient (Wildman–Crippen LogP) is 5.30. The van der Waals surface area contributed by atoms with E-state index in [1.165, 1.54) is 63.5 Å². The zero-order chi connectivity index (χ0) is 18.9. The maximum Gasteiger partial charge on any atom is 0.170 e. The van der Waals surface area contributed by atoms with Gasteiger partial charge in [-0.25, -0.2) is 0 Å². The first-order valence-corrected chi connectivity index (χ1v) is 11.4. The average molecular weight is 395 g/mol. The van der Waals surface area contributed by atoms with E-state index in [-0.39, 0.29) is 12.1 Å². The predicted molar refractivity (Wildman–Crippen MR) is 116 cm³/mol. The van der Waals surface area contributed by atoms with Gasteiger partial charge in [-0.2, -0.15) is 0 Å². The summed E-state index contributed by atoms with van der Waals surface area (Å²) in [5, 5.41) is 4.56. The molecular weight excluding hydrogens is 364 g/mol. The van der Waals surface area contributed by atoms with E-state index in [4.69, 9.17) is 17.2 Å². The molecule has 2 aromatic rings. The summed E-state index contributed by atoms with van der Waals surface area (Å²) in [5.41, 5.74) is 2.49. The van der Waals surface area contributed by atoms with Crippen molar-refractivity contribution >= 4 is 17.3 Å². The lowest BCUT2D eigenvalue weighted by atomic mass is 9.91. The molecule has 1 N–H and O–H groups in total. The highest BCUT2D eigenvalue weighted by atomic mass is 32.1. The third-order valence-corrected chi connectivity index (χ3v) is 7.26. The number of rotatable bonds is 4. The Morgan fingerprint density at radius 1 is 0.893 bits per heavy atom. The number of nitrogens with one attached hydrogen (secondary N) is 1. The van der Waals surface area contributed by atoms with Crippen LogP contribution in [0.5, 0.6) is 0 Å². The highest BCUT2D eigenvalue weighted by Gasteiger charge is 2.44. The molecule has 1 aliphatic heterocycles. The molecule has 2 aromatic heterocycles. The third kappa shape index (κ3) is 3.24. The maximum atomic E-state index is 5.91. The molecule has 28 heavy (non-hydrogen) atoms. The van der Waals surface area contributed by atoms with Gasteiger partial charge in [-0.3, -0.25) is 4.98 Å². The molecule has 3 heterocycles. The SMILES string of the molecule is S=C1N[C@@H](c2ccccn2)[C@@H](c2cccn2C2CCCC2)N1C1CCCCC1. The number of thiocarbonyl (C=S) groups is 1. The Bertz CT molecular complexity index is 805. The fourth-order valence-electron chi connectivity index (χ4n) is 5.61. The van der Waals surface area contributed by atoms with Gasteiger partial charge in [0, 0.05) is 30.2 Å². The molecule has 2 aliphatic carbocycles. The Morgan fingerprint density at radius 2 is 1.64 bits per heavy atom. The van der Waals surface area contributed by atoms with Crippen molar-refractivity contribution in [3.8, 4) is 0 Å². The molecule has 0 bridgehead atoms. The number of pyridine rings is 1. The van der Waals surface area contributed by atoms with Crippen molar-refractivity contribution in [2.45, 2.75) is 82.0 Å². The van der Waals surface area contributed by atoms with E-state index >= 15 is 0 Å². The summed E-state index contributed by atoms with van der Waals surface area (Å²) >= 11 is 5.91. The lowest BCUT2D eigenvalue weighted by molar-refractivity contribution is 0.189. The fraction of sp³-hybridized carbons (Fsp3) is 0.565. The first-order valence-electron chi connectivity index (χ1n) is 11.0. The van der Waals surface area contributed by atoms with E-state index in [0.717, 1.165) is 10.8 Å². The maximum absolute atomic E-state index is 5.91. The van der Waals surface area contributed by atoms with E-state index in [9.17, 15) is 0 Å². The second-order valence-corrected chi connectivity index (χ2v) is 8.99. The van der Waals surface area contributed by atoms with Crippen LogP contribution in [0.25, 0.3) is 0 Å². The summed E-state index contributed by atoms with van der Waals surface area (Å²) in [4.78, 5) is 7.24. The van der Waals surface area contributed by atoms with Crippen LogP contribution in [0, 0.1) is 0 Å². The Labute approximate surface area is 173 Å². The van der Waals surface area contributed by atoms with Gasteiger partial charge in [0.2, 0.25) is 0 Å². The molecule has 0 amide bonds. The van der Waals surface area contributed by atoms with Gasteiger partial charge < -0.3 is 14.8 Å². The molecule has 1 saturated heterocycles. The van der Waals surface area contributed by atoms with Crippen molar-refractivity contribution in [1.29, 1.82) is 0 Å². The molecule has 3 fully saturated rings. The molecule has 0 radical (unpaired) electrons. The summed E-state index contributed by atoms with van der Waals surface area (Å²) in [6.45, 7) is 0. The smallest absolute Gasteiger partial charge is 0.170 e. The average Bonchev–Trinajstić information content (AvgIpc) is 3.48. The van der Waals surface area contributed by atoms with Crippen molar-refractivity contribution < 1.29 is 0 Å². The van der Waals surface area contributed by atoms with E-state index < -0.39 is 0 Å². The Morgan fingerprint density at radius 3 is 2.39 bits per heavy atom. The first kappa shape index (κ1) is 18.2. The van der Waals surface area contributed by atoms with E-state index in [1.54, 1.807) is 0 Å². The largest absolute Gasteiger partial charge is 0.352 e. The Kier molecular flexibility index (Phi) is 5.10. The second kappa shape index (κ2) is 7.86. The minimum atomic E-state index is 0.116. The number of nitrogens with zero attached hydrogens (tertiary/aromatic N) is 3. The second-order valence-electron chi connectivity index (χ2n) is 8.60. The number of hydrogen-bond acceptors (Lipinski definition) is 2. The van der Waals surface area contributed by atoms with Crippen molar-refractivity contribution in [1.82, 2.24) is 19.8 Å². The monoisotopic (exact) mass is 394 g/mol. The summed E-state index contributed by atoms with van der Waals surface area (Å²) in [6.07, 6.45) is 16.0. The van der Waals surface area contributed by atoms with Crippen molar-refractivity contribution in [2.75, 3.05) is 0 Å². The van der Waals surface area contributed by atoms with Gasteiger partial charge in [-0.05, 0) is 62.2 Å². The van der Waals surface area contributed by atoms with E-state index in [0.29, 0.717) is 12.1 Å². The standard InChI is InChI=1S/C23H30N4S/c28-23-25-21(19-13-6-7-15-24-19)22(27(23)18-11-2-1-3-12-18)20-14-8-16-26(20)17-9-4-5-10-17/h6-8,13-18,21-22H,1-5,9-12H2,(H,25,28)/t21-,22+/m0/s1. The first-order chi connectivity index (χ1) is 13.8. The van der Waals surface area contributed by atoms with Gasteiger partial charge in [-0.15, -0.1) is 0 Å². The normalized spacial score (nSPS) is 26.7. The molecule has 148 valence electrons. The van der Waals surface area contributed by atoms with Crippen molar-refractivity contribution in [3.63, 3.8) is 0 Å². The van der Waals surface area contributed by atoms with Crippen LogP contribution in [-0.4, -0.2) is 25.6 Å². The van der Waals surface area contributed by atoms with Crippen LogP contribution in [0.4, 0.5) is 0 Å². The van der Waals surface area contributed by atoms with E-state index in [1.807, 2.05) is 12.3 Å². The van der Waals surface area contributed by atoms with Crippen LogP contribution < -0.4 is 5.32 Å². The third-order valence-electron chi connectivity index (χ3n) is 6.94. The van der Waals surface area contributed by atoms with Gasteiger partial charge in [0.15, 0.2) is 5.11 Å². The summed E-state index contributed by atoms with van der Waals surface area (Å²) in [5.74, 6) is 0. The highest BCUT2D eigenvalue weighted by Crippen LogP contribution is 2.44. The molecule has 0 aromatic carbocycles. The molecule has 0 unspecified atom stereocenters. The molecule has 5 rings (SSSR count). The lowest BCUT2D eigenvalue weighted by Crippen LogP contribution is -2.41. The molecule has 4 nitrogen and oxygen atoms in total. The van der Waals surface area contributed by atoms with Crippen LogP contribution in [0.1, 0.15) is 87.3 Å².